The molecule has 0 amide bonds. The maximum Gasteiger partial charge on any atom is 0.327 e. The summed E-state index contributed by atoms with van der Waals surface area (Å²) in [5.41, 5.74) is 2.86. The van der Waals surface area contributed by atoms with Crippen molar-refractivity contribution >= 4 is 27.6 Å². The molecule has 10 heteroatoms. The van der Waals surface area contributed by atoms with E-state index in [1.807, 2.05) is 24.3 Å². The van der Waals surface area contributed by atoms with Crippen LogP contribution in [0.2, 0.25) is 5.02 Å². The number of aromatic nitrogens is 2. The van der Waals surface area contributed by atoms with Gasteiger partial charge in [-0.25, -0.2) is 8.42 Å². The van der Waals surface area contributed by atoms with Gasteiger partial charge in [-0.05, 0) is 67.5 Å². The van der Waals surface area contributed by atoms with Crippen LogP contribution < -0.4 is 4.74 Å². The number of fused-ring (bicyclic) bond motifs is 1. The van der Waals surface area contributed by atoms with E-state index in [0.717, 1.165) is 17.7 Å². The molecule has 0 spiro atoms. The zero-order chi connectivity index (χ0) is 27.7. The molecule has 4 rings (SSSR count). The molecule has 1 aromatic heterocycles. The predicted molar refractivity (Wildman–Crippen MR) is 146 cm³/mol. The number of halogens is 1. The lowest BCUT2D eigenvalue weighted by atomic mass is 9.87. The van der Waals surface area contributed by atoms with Crippen LogP contribution in [0.5, 0.6) is 11.5 Å². The predicted octanol–water partition coefficient (Wildman–Crippen LogP) is 5.89. The van der Waals surface area contributed by atoms with Crippen molar-refractivity contribution in [1.82, 2.24) is 14.1 Å². The monoisotopic (exact) mass is 559 g/mol. The summed E-state index contributed by atoms with van der Waals surface area (Å²) in [6.45, 7) is 8.46. The quantitative estimate of drug-likeness (QED) is 0.320. The zero-order valence-corrected chi connectivity index (χ0v) is 24.0. The Morgan fingerprint density at radius 3 is 2.53 bits per heavy atom. The molecule has 1 atom stereocenters. The fourth-order valence-corrected chi connectivity index (χ4v) is 6.32. The summed E-state index contributed by atoms with van der Waals surface area (Å²) in [6.07, 6.45) is 3.79. The van der Waals surface area contributed by atoms with Crippen LogP contribution in [0.3, 0.4) is 0 Å². The lowest BCUT2D eigenvalue weighted by molar-refractivity contribution is -0.144. The number of rotatable bonds is 8. The van der Waals surface area contributed by atoms with E-state index in [9.17, 15) is 13.2 Å². The second-order valence-electron chi connectivity index (χ2n) is 10.4. The minimum atomic E-state index is -3.87. The van der Waals surface area contributed by atoms with Crippen molar-refractivity contribution in [2.75, 3.05) is 13.7 Å². The van der Waals surface area contributed by atoms with Crippen LogP contribution in [0.4, 0.5) is 0 Å². The Morgan fingerprint density at radius 1 is 1.18 bits per heavy atom. The van der Waals surface area contributed by atoms with Gasteiger partial charge in [0.25, 0.3) is 0 Å². The molecule has 38 heavy (non-hydrogen) atoms. The molecule has 0 unspecified atom stereocenters. The number of esters is 1. The Bertz CT molecular complexity index is 1410. The lowest BCUT2D eigenvalue weighted by Gasteiger charge is -2.31. The molecule has 0 N–H and O–H groups in total. The summed E-state index contributed by atoms with van der Waals surface area (Å²) >= 11 is 6.47. The molecular weight excluding hydrogens is 526 g/mol. The first kappa shape index (κ1) is 28.1. The van der Waals surface area contributed by atoms with Gasteiger partial charge < -0.3 is 9.47 Å². The van der Waals surface area contributed by atoms with Crippen LogP contribution in [0.15, 0.2) is 53.6 Å². The number of ether oxygens (including phenoxy) is 2. The first-order valence-corrected chi connectivity index (χ1v) is 14.5. The number of sulfonamides is 1. The molecular formula is C28H34ClN3O5S. The number of carbonyl (C=O) groups excluding carboxylic acids is 1. The third kappa shape index (κ3) is 5.90. The Balaban J connectivity index is 1.53. The first-order valence-electron chi connectivity index (χ1n) is 12.7. The Hall–Kier alpha value is -2.88. The fraction of sp³-hybridized carbons (Fsp3) is 0.429. The van der Waals surface area contributed by atoms with Gasteiger partial charge in [-0.2, -0.15) is 9.40 Å². The van der Waals surface area contributed by atoms with Crippen LogP contribution in [-0.4, -0.2) is 42.1 Å². The molecule has 1 heterocycles. The summed E-state index contributed by atoms with van der Waals surface area (Å²) in [5, 5.41) is 4.55. The molecule has 0 fully saturated rings. The smallest absolute Gasteiger partial charge is 0.327 e. The third-order valence-corrected chi connectivity index (χ3v) is 8.94. The molecule has 3 aromatic rings. The average molecular weight is 560 g/mol. The van der Waals surface area contributed by atoms with Gasteiger partial charge in [-0.3, -0.25) is 9.48 Å². The molecule has 8 nitrogen and oxygen atoms in total. The highest BCUT2D eigenvalue weighted by atomic mass is 35.5. The van der Waals surface area contributed by atoms with E-state index < -0.39 is 16.1 Å². The van der Waals surface area contributed by atoms with E-state index >= 15 is 0 Å². The standard InChI is InChI=1S/C28H34ClN3O5S/c1-6-36-27(33)18-32-25-9-7-8-24(22(25)17-30-32)31(5)38(34,35)21-14-15-26(23(29)16-21)37-20-12-10-19(11-13-20)28(2,3)4/h10-17,24H,6-9,18H2,1-5H3/t24-/m1/s1. The van der Waals surface area contributed by atoms with E-state index in [1.165, 1.54) is 22.0 Å². The minimum Gasteiger partial charge on any atom is -0.465 e. The molecule has 0 radical (unpaired) electrons. The Labute approximate surface area is 229 Å². The highest BCUT2D eigenvalue weighted by molar-refractivity contribution is 7.89. The normalized spacial score (nSPS) is 15.8. The molecule has 2 aromatic carbocycles. The van der Waals surface area contributed by atoms with Crippen LogP contribution in [-0.2, 0) is 37.9 Å². The van der Waals surface area contributed by atoms with E-state index in [2.05, 4.69) is 25.9 Å². The molecule has 1 aliphatic rings. The van der Waals surface area contributed by atoms with E-state index in [4.69, 9.17) is 21.1 Å². The second kappa shape index (κ2) is 11.1. The van der Waals surface area contributed by atoms with Gasteiger partial charge in [0, 0.05) is 18.3 Å². The minimum absolute atomic E-state index is 0.00234. The van der Waals surface area contributed by atoms with Crippen molar-refractivity contribution in [3.8, 4) is 11.5 Å². The molecule has 0 aliphatic heterocycles. The number of carbonyl (C=O) groups is 1. The number of benzene rings is 2. The highest BCUT2D eigenvalue weighted by Crippen LogP contribution is 2.38. The Kier molecular flexibility index (Phi) is 8.20. The summed E-state index contributed by atoms with van der Waals surface area (Å²) in [6, 6.07) is 11.8. The van der Waals surface area contributed by atoms with E-state index in [-0.39, 0.29) is 27.8 Å². The topological polar surface area (TPSA) is 90.7 Å². The molecule has 0 saturated carbocycles. The van der Waals surface area contributed by atoms with E-state index in [1.54, 1.807) is 30.9 Å². The maximum absolute atomic E-state index is 13.6. The van der Waals surface area contributed by atoms with Crippen LogP contribution in [0, 0.1) is 0 Å². The van der Waals surface area contributed by atoms with Gasteiger partial charge in [-0.15, -0.1) is 0 Å². The molecule has 0 bridgehead atoms. The van der Waals surface area contributed by atoms with Gasteiger partial charge in [-0.1, -0.05) is 44.5 Å². The number of hydrogen-bond acceptors (Lipinski definition) is 6. The first-order chi connectivity index (χ1) is 17.9. The highest BCUT2D eigenvalue weighted by Gasteiger charge is 2.34. The third-order valence-electron chi connectivity index (χ3n) is 6.78. The molecule has 0 saturated heterocycles. The van der Waals surface area contributed by atoms with Gasteiger partial charge in [0.05, 0.1) is 28.8 Å². The van der Waals surface area contributed by atoms with Crippen LogP contribution >= 0.6 is 11.6 Å². The lowest BCUT2D eigenvalue weighted by Crippen LogP contribution is -2.33. The zero-order valence-electron chi connectivity index (χ0n) is 22.4. The SMILES string of the molecule is CCOC(=O)Cn1ncc2c1CCC[C@H]2N(C)S(=O)(=O)c1ccc(Oc2ccc(C(C)(C)C)cc2)c(Cl)c1. The second-order valence-corrected chi connectivity index (χ2v) is 12.8. The number of nitrogens with zero attached hydrogens (tertiary/aromatic N) is 3. The van der Waals surface area contributed by atoms with E-state index in [0.29, 0.717) is 30.9 Å². The Morgan fingerprint density at radius 2 is 1.89 bits per heavy atom. The van der Waals surface area contributed by atoms with Crippen molar-refractivity contribution < 1.29 is 22.7 Å². The fourth-order valence-electron chi connectivity index (χ4n) is 4.65. The van der Waals surface area contributed by atoms with Crippen molar-refractivity contribution in [2.45, 2.75) is 69.9 Å². The summed E-state index contributed by atoms with van der Waals surface area (Å²) < 4.78 is 41.1. The van der Waals surface area contributed by atoms with Crippen LogP contribution in [0.1, 0.15) is 63.4 Å². The van der Waals surface area contributed by atoms with Crippen molar-refractivity contribution in [3.63, 3.8) is 0 Å². The average Bonchev–Trinajstić information content (AvgIpc) is 3.27. The summed E-state index contributed by atoms with van der Waals surface area (Å²) in [7, 11) is -2.31. The number of hydrogen-bond donors (Lipinski definition) is 0. The van der Waals surface area contributed by atoms with Crippen molar-refractivity contribution in [2.24, 2.45) is 0 Å². The van der Waals surface area contributed by atoms with Gasteiger partial charge >= 0.3 is 5.97 Å². The summed E-state index contributed by atoms with van der Waals surface area (Å²) in [4.78, 5) is 12.0. The molecule has 1 aliphatic carbocycles. The summed E-state index contributed by atoms with van der Waals surface area (Å²) in [5.74, 6) is 0.614. The van der Waals surface area contributed by atoms with Crippen molar-refractivity contribution in [3.05, 3.63) is 70.5 Å². The van der Waals surface area contributed by atoms with Crippen molar-refractivity contribution in [1.29, 1.82) is 0 Å². The molecule has 204 valence electrons. The maximum atomic E-state index is 13.6. The van der Waals surface area contributed by atoms with Crippen LogP contribution in [0.25, 0.3) is 0 Å². The van der Waals surface area contributed by atoms with Gasteiger partial charge in [0.15, 0.2) is 0 Å². The largest absolute Gasteiger partial charge is 0.465 e. The van der Waals surface area contributed by atoms with Gasteiger partial charge in [0.2, 0.25) is 10.0 Å². The van der Waals surface area contributed by atoms with Gasteiger partial charge in [0.1, 0.15) is 18.0 Å².